The van der Waals surface area contributed by atoms with E-state index in [4.69, 9.17) is 0 Å². The second kappa shape index (κ2) is 10.4. The molecule has 2 fully saturated rings. The van der Waals surface area contributed by atoms with Gasteiger partial charge in [0.15, 0.2) is 0 Å². The van der Waals surface area contributed by atoms with Crippen LogP contribution in [0.2, 0.25) is 0 Å². The van der Waals surface area contributed by atoms with E-state index in [1.807, 2.05) is 35.2 Å². The first-order valence-corrected chi connectivity index (χ1v) is 12.0. The summed E-state index contributed by atoms with van der Waals surface area (Å²) in [5, 5.41) is 0. The van der Waals surface area contributed by atoms with Gasteiger partial charge in [-0.1, -0.05) is 42.5 Å². The number of nitrogens with zero attached hydrogens (tertiary/aromatic N) is 3. The van der Waals surface area contributed by atoms with Crippen LogP contribution in [0.15, 0.2) is 54.6 Å². The normalized spacial score (nSPS) is 19.4. The largest absolute Gasteiger partial charge is 0.339 e. The highest BCUT2D eigenvalue weighted by atomic mass is 16.2. The smallest absolute Gasteiger partial charge is 0.253 e. The van der Waals surface area contributed by atoms with Gasteiger partial charge in [-0.25, -0.2) is 0 Å². The molecule has 0 aromatic heterocycles. The van der Waals surface area contributed by atoms with Gasteiger partial charge in [0.1, 0.15) is 0 Å². The predicted octanol–water partition coefficient (Wildman–Crippen LogP) is 4.62. The van der Waals surface area contributed by atoms with Crippen molar-refractivity contribution in [3.63, 3.8) is 0 Å². The summed E-state index contributed by atoms with van der Waals surface area (Å²) in [6, 6.07) is 19.2. The Bertz CT molecular complexity index is 819. The molecule has 2 aliphatic heterocycles. The number of piperidine rings is 2. The molecule has 2 aliphatic rings. The number of carbonyl (C=O) groups is 1. The molecule has 0 spiro atoms. The maximum absolute atomic E-state index is 13.2. The fourth-order valence-corrected chi connectivity index (χ4v) is 5.15. The zero-order valence-electron chi connectivity index (χ0n) is 19.2. The first-order chi connectivity index (χ1) is 15.1. The van der Waals surface area contributed by atoms with Gasteiger partial charge >= 0.3 is 0 Å². The molecular weight excluding hydrogens is 382 g/mol. The van der Waals surface area contributed by atoms with Crippen molar-refractivity contribution in [1.29, 1.82) is 0 Å². The van der Waals surface area contributed by atoms with E-state index in [0.29, 0.717) is 5.92 Å². The molecule has 0 atom stereocenters. The third kappa shape index (κ3) is 5.55. The average Bonchev–Trinajstić information content (AvgIpc) is 2.84. The fraction of sp³-hybridized carbons (Fsp3) is 0.519. The van der Waals surface area contributed by atoms with Crippen molar-refractivity contribution in [2.75, 3.05) is 46.3 Å². The van der Waals surface area contributed by atoms with E-state index in [-0.39, 0.29) is 5.91 Å². The maximum Gasteiger partial charge on any atom is 0.253 e. The van der Waals surface area contributed by atoms with Gasteiger partial charge in [-0.3, -0.25) is 4.79 Å². The number of hydrogen-bond donors (Lipinski definition) is 0. The second-order valence-corrected chi connectivity index (χ2v) is 9.30. The van der Waals surface area contributed by atoms with Crippen molar-refractivity contribution in [3.8, 4) is 11.1 Å². The van der Waals surface area contributed by atoms with Crippen LogP contribution in [-0.2, 0) is 0 Å². The standard InChI is InChI=1S/C27H37N3O/c1-3-29(21-22-13-19-30(20-14-22)26-15-17-28(2)18-16-26)27(31)25-11-9-24(10-12-25)23-7-5-4-6-8-23/h4-12,22,26H,3,13-21H2,1-2H3. The highest BCUT2D eigenvalue weighted by Crippen LogP contribution is 2.25. The molecule has 0 radical (unpaired) electrons. The highest BCUT2D eigenvalue weighted by Gasteiger charge is 2.28. The van der Waals surface area contributed by atoms with E-state index < -0.39 is 0 Å². The summed E-state index contributed by atoms with van der Waals surface area (Å²) >= 11 is 0. The first kappa shape index (κ1) is 22.0. The molecule has 2 aromatic rings. The molecule has 0 saturated carbocycles. The van der Waals surface area contributed by atoms with Crippen LogP contribution in [0.5, 0.6) is 0 Å². The van der Waals surface area contributed by atoms with E-state index >= 15 is 0 Å². The van der Waals surface area contributed by atoms with Crippen molar-refractivity contribution >= 4 is 5.91 Å². The number of likely N-dealkylation sites (tertiary alicyclic amines) is 2. The van der Waals surface area contributed by atoms with E-state index in [2.05, 4.69) is 48.0 Å². The lowest BCUT2D eigenvalue weighted by atomic mass is 9.93. The number of rotatable bonds is 6. The van der Waals surface area contributed by atoms with Gasteiger partial charge in [0.25, 0.3) is 5.91 Å². The molecule has 4 rings (SSSR count). The lowest BCUT2D eigenvalue weighted by Gasteiger charge is -2.41. The van der Waals surface area contributed by atoms with Crippen molar-refractivity contribution in [2.45, 2.75) is 38.6 Å². The minimum Gasteiger partial charge on any atom is -0.339 e. The molecule has 2 heterocycles. The molecule has 31 heavy (non-hydrogen) atoms. The van der Waals surface area contributed by atoms with Crippen LogP contribution >= 0.6 is 0 Å². The Balaban J connectivity index is 1.30. The molecule has 2 aromatic carbocycles. The van der Waals surface area contributed by atoms with E-state index in [0.717, 1.165) is 30.3 Å². The molecule has 166 valence electrons. The monoisotopic (exact) mass is 419 g/mol. The van der Waals surface area contributed by atoms with Gasteiger partial charge in [-0.2, -0.15) is 0 Å². The second-order valence-electron chi connectivity index (χ2n) is 9.30. The van der Waals surface area contributed by atoms with Crippen molar-refractivity contribution in [2.24, 2.45) is 5.92 Å². The van der Waals surface area contributed by atoms with Crippen molar-refractivity contribution in [1.82, 2.24) is 14.7 Å². The van der Waals surface area contributed by atoms with Gasteiger partial charge < -0.3 is 14.7 Å². The SMILES string of the molecule is CCN(CC1CCN(C2CCN(C)CC2)CC1)C(=O)c1ccc(-c2ccccc2)cc1. The van der Waals surface area contributed by atoms with Gasteiger partial charge in [0, 0.05) is 24.7 Å². The van der Waals surface area contributed by atoms with E-state index in [1.54, 1.807) is 0 Å². The van der Waals surface area contributed by atoms with Crippen LogP contribution in [0.3, 0.4) is 0 Å². The van der Waals surface area contributed by atoms with Crippen LogP contribution in [-0.4, -0.2) is 73.0 Å². The molecule has 0 bridgehead atoms. The van der Waals surface area contributed by atoms with Crippen LogP contribution in [0.1, 0.15) is 43.0 Å². The Hall–Kier alpha value is -2.17. The molecule has 0 N–H and O–H groups in total. The minimum atomic E-state index is 0.167. The van der Waals surface area contributed by atoms with Crippen LogP contribution in [0, 0.1) is 5.92 Å². The number of benzene rings is 2. The zero-order valence-corrected chi connectivity index (χ0v) is 19.2. The molecule has 0 aliphatic carbocycles. The summed E-state index contributed by atoms with van der Waals surface area (Å²) in [6.45, 7) is 8.60. The summed E-state index contributed by atoms with van der Waals surface area (Å²) in [4.78, 5) is 20.4. The lowest BCUT2D eigenvalue weighted by Crippen LogP contribution is -2.48. The fourth-order valence-electron chi connectivity index (χ4n) is 5.15. The Morgan fingerprint density at radius 1 is 0.871 bits per heavy atom. The Labute approximate surface area is 187 Å². The first-order valence-electron chi connectivity index (χ1n) is 12.0. The molecule has 4 heteroatoms. The number of carbonyl (C=O) groups excluding carboxylic acids is 1. The van der Waals surface area contributed by atoms with Gasteiger partial charge in [0.2, 0.25) is 0 Å². The summed E-state index contributed by atoms with van der Waals surface area (Å²) in [5.41, 5.74) is 3.14. The van der Waals surface area contributed by atoms with Gasteiger partial charge in [-0.15, -0.1) is 0 Å². The Morgan fingerprint density at radius 2 is 1.48 bits per heavy atom. The van der Waals surface area contributed by atoms with E-state index in [9.17, 15) is 4.79 Å². The number of amides is 1. The minimum absolute atomic E-state index is 0.167. The zero-order chi connectivity index (χ0) is 21.6. The Kier molecular flexibility index (Phi) is 7.41. The van der Waals surface area contributed by atoms with Crippen LogP contribution in [0.25, 0.3) is 11.1 Å². The quantitative estimate of drug-likeness (QED) is 0.683. The number of hydrogen-bond acceptors (Lipinski definition) is 3. The van der Waals surface area contributed by atoms with Crippen LogP contribution < -0.4 is 0 Å². The lowest BCUT2D eigenvalue weighted by molar-refractivity contribution is 0.0611. The molecule has 2 saturated heterocycles. The summed E-state index contributed by atoms with van der Waals surface area (Å²) in [6.07, 6.45) is 5.03. The van der Waals surface area contributed by atoms with Crippen molar-refractivity contribution in [3.05, 3.63) is 60.2 Å². The third-order valence-electron chi connectivity index (χ3n) is 7.24. The predicted molar refractivity (Wildman–Crippen MR) is 128 cm³/mol. The highest BCUT2D eigenvalue weighted by molar-refractivity contribution is 5.94. The topological polar surface area (TPSA) is 26.8 Å². The maximum atomic E-state index is 13.2. The average molecular weight is 420 g/mol. The summed E-state index contributed by atoms with van der Waals surface area (Å²) < 4.78 is 0. The molecule has 1 amide bonds. The molecule has 4 nitrogen and oxygen atoms in total. The van der Waals surface area contributed by atoms with Gasteiger partial charge in [0.05, 0.1) is 0 Å². The molecule has 0 unspecified atom stereocenters. The Morgan fingerprint density at radius 3 is 2.10 bits per heavy atom. The van der Waals surface area contributed by atoms with E-state index in [1.165, 1.54) is 57.4 Å². The van der Waals surface area contributed by atoms with Crippen LogP contribution in [0.4, 0.5) is 0 Å². The van der Waals surface area contributed by atoms with Crippen molar-refractivity contribution < 1.29 is 4.79 Å². The summed E-state index contributed by atoms with van der Waals surface area (Å²) in [5.74, 6) is 0.787. The summed E-state index contributed by atoms with van der Waals surface area (Å²) in [7, 11) is 2.23. The molecular formula is C27H37N3O. The van der Waals surface area contributed by atoms with Gasteiger partial charge in [-0.05, 0) is 95.0 Å². The third-order valence-corrected chi connectivity index (χ3v) is 7.24.